The first-order valence-electron chi connectivity index (χ1n) is 7.66. The van der Waals surface area contributed by atoms with Gasteiger partial charge in [-0.3, -0.25) is 4.79 Å². The Morgan fingerprint density at radius 1 is 1.05 bits per heavy atom. The molecule has 7 nitrogen and oxygen atoms in total. The molecule has 7 heteroatoms. The molecule has 5 atom stereocenters. The van der Waals surface area contributed by atoms with E-state index in [9.17, 15) is 4.79 Å². The van der Waals surface area contributed by atoms with Crippen LogP contribution in [0.5, 0.6) is 0 Å². The molecule has 3 saturated heterocycles. The van der Waals surface area contributed by atoms with E-state index < -0.39 is 17.9 Å². The number of rotatable bonds is 2. The van der Waals surface area contributed by atoms with E-state index in [0.717, 1.165) is 0 Å². The fourth-order valence-electron chi connectivity index (χ4n) is 3.35. The fourth-order valence-corrected chi connectivity index (χ4v) is 3.35. The number of fused-ring (bicyclic) bond motifs is 1. The Labute approximate surface area is 130 Å². The monoisotopic (exact) mass is 315 g/mol. The highest BCUT2D eigenvalue weighted by atomic mass is 16.8. The SMILES string of the molecule is CC(=O)N(C)[C@@H]1[C@H]2OC(C)(C)O[C@H]2O[C@@H]1[C@H]1COC(C)(C)O1. The molecule has 0 bridgehead atoms. The van der Waals surface area contributed by atoms with E-state index in [0.29, 0.717) is 6.61 Å². The van der Waals surface area contributed by atoms with Gasteiger partial charge in [0.1, 0.15) is 18.3 Å². The van der Waals surface area contributed by atoms with Crippen LogP contribution in [0.4, 0.5) is 0 Å². The minimum atomic E-state index is -0.720. The lowest BCUT2D eigenvalue weighted by atomic mass is 10.0. The van der Waals surface area contributed by atoms with E-state index in [1.807, 2.05) is 27.7 Å². The van der Waals surface area contributed by atoms with Gasteiger partial charge in [0.25, 0.3) is 0 Å². The molecule has 3 fully saturated rings. The van der Waals surface area contributed by atoms with Crippen molar-refractivity contribution in [3.8, 4) is 0 Å². The lowest BCUT2D eigenvalue weighted by Crippen LogP contribution is -2.52. The Kier molecular flexibility index (Phi) is 3.77. The summed E-state index contributed by atoms with van der Waals surface area (Å²) in [6.07, 6.45) is -1.44. The van der Waals surface area contributed by atoms with Gasteiger partial charge >= 0.3 is 0 Å². The first kappa shape index (κ1) is 16.1. The maximum absolute atomic E-state index is 11.9. The molecule has 126 valence electrons. The Bertz CT molecular complexity index is 465. The van der Waals surface area contributed by atoms with Crippen LogP contribution >= 0.6 is 0 Å². The van der Waals surface area contributed by atoms with Crippen molar-refractivity contribution in [2.24, 2.45) is 0 Å². The zero-order valence-electron chi connectivity index (χ0n) is 14.0. The summed E-state index contributed by atoms with van der Waals surface area (Å²) >= 11 is 0. The molecule has 3 heterocycles. The Hall–Kier alpha value is -0.730. The minimum absolute atomic E-state index is 0.0502. The summed E-state index contributed by atoms with van der Waals surface area (Å²) in [6, 6.07) is -0.272. The number of nitrogens with zero attached hydrogens (tertiary/aromatic N) is 1. The number of ether oxygens (including phenoxy) is 5. The number of hydrogen-bond donors (Lipinski definition) is 0. The topological polar surface area (TPSA) is 66.5 Å². The van der Waals surface area contributed by atoms with Crippen molar-refractivity contribution in [3.05, 3.63) is 0 Å². The predicted molar refractivity (Wildman–Crippen MR) is 75.8 cm³/mol. The number of carbonyl (C=O) groups is 1. The normalized spacial score (nSPS) is 42.4. The van der Waals surface area contributed by atoms with Gasteiger partial charge in [-0.1, -0.05) is 0 Å². The Balaban J connectivity index is 1.83. The highest BCUT2D eigenvalue weighted by molar-refractivity contribution is 5.73. The van der Waals surface area contributed by atoms with Gasteiger partial charge in [0.2, 0.25) is 5.91 Å². The summed E-state index contributed by atoms with van der Waals surface area (Å²) in [5.41, 5.74) is 0. The molecule has 0 radical (unpaired) electrons. The number of likely N-dealkylation sites (N-methyl/N-ethyl adjacent to an activating group) is 1. The quantitative estimate of drug-likeness (QED) is 0.753. The molecule has 3 aliphatic rings. The zero-order chi connectivity index (χ0) is 16.3. The summed E-state index contributed by atoms with van der Waals surface area (Å²) in [5, 5.41) is 0. The molecule has 1 amide bonds. The summed E-state index contributed by atoms with van der Waals surface area (Å²) in [5.74, 6) is -1.42. The van der Waals surface area contributed by atoms with Crippen molar-refractivity contribution in [3.63, 3.8) is 0 Å². The van der Waals surface area contributed by atoms with Gasteiger partial charge in [0, 0.05) is 14.0 Å². The van der Waals surface area contributed by atoms with Crippen LogP contribution in [0.2, 0.25) is 0 Å². The van der Waals surface area contributed by atoms with Gasteiger partial charge in [-0.2, -0.15) is 0 Å². The molecule has 0 N–H and O–H groups in total. The largest absolute Gasteiger partial charge is 0.348 e. The molecule has 0 aromatic carbocycles. The van der Waals surface area contributed by atoms with Gasteiger partial charge in [0.05, 0.1) is 12.6 Å². The van der Waals surface area contributed by atoms with Gasteiger partial charge in [0.15, 0.2) is 17.9 Å². The molecule has 0 aromatic rings. The van der Waals surface area contributed by atoms with Crippen molar-refractivity contribution in [2.75, 3.05) is 13.7 Å². The molecule has 0 aliphatic carbocycles. The maximum atomic E-state index is 11.9. The van der Waals surface area contributed by atoms with Gasteiger partial charge in [-0.15, -0.1) is 0 Å². The molecule has 0 unspecified atom stereocenters. The lowest BCUT2D eigenvalue weighted by Gasteiger charge is -2.34. The van der Waals surface area contributed by atoms with E-state index in [4.69, 9.17) is 23.7 Å². The molecular formula is C15H25NO6. The molecule has 0 saturated carbocycles. The molecule has 0 aromatic heterocycles. The van der Waals surface area contributed by atoms with Crippen LogP contribution in [0.15, 0.2) is 0 Å². The van der Waals surface area contributed by atoms with Crippen LogP contribution in [0, 0.1) is 0 Å². The second-order valence-corrected chi connectivity index (χ2v) is 7.06. The number of amides is 1. The van der Waals surface area contributed by atoms with E-state index in [1.165, 1.54) is 6.92 Å². The summed E-state index contributed by atoms with van der Waals surface area (Å²) in [7, 11) is 1.75. The van der Waals surface area contributed by atoms with Gasteiger partial charge < -0.3 is 28.6 Å². The van der Waals surface area contributed by atoms with E-state index >= 15 is 0 Å². The fraction of sp³-hybridized carbons (Fsp3) is 0.933. The molecular weight excluding hydrogens is 290 g/mol. The summed E-state index contributed by atoms with van der Waals surface area (Å²) in [6.45, 7) is 9.36. The van der Waals surface area contributed by atoms with Crippen LogP contribution in [-0.4, -0.2) is 66.7 Å². The van der Waals surface area contributed by atoms with E-state index in [1.54, 1.807) is 11.9 Å². The smallest absolute Gasteiger partial charge is 0.219 e. The van der Waals surface area contributed by atoms with Crippen LogP contribution in [-0.2, 0) is 28.5 Å². The van der Waals surface area contributed by atoms with Crippen LogP contribution < -0.4 is 0 Å². The Morgan fingerprint density at radius 2 is 1.73 bits per heavy atom. The first-order valence-corrected chi connectivity index (χ1v) is 7.66. The summed E-state index contributed by atoms with van der Waals surface area (Å²) < 4.78 is 29.3. The average Bonchev–Trinajstić information content (AvgIpc) is 2.97. The lowest BCUT2D eigenvalue weighted by molar-refractivity contribution is -0.227. The second-order valence-electron chi connectivity index (χ2n) is 7.06. The zero-order valence-corrected chi connectivity index (χ0v) is 14.0. The highest BCUT2D eigenvalue weighted by Gasteiger charge is 2.59. The third kappa shape index (κ3) is 2.76. The van der Waals surface area contributed by atoms with Crippen molar-refractivity contribution >= 4 is 5.91 Å². The average molecular weight is 315 g/mol. The third-order valence-electron chi connectivity index (χ3n) is 4.39. The Morgan fingerprint density at radius 3 is 2.27 bits per heavy atom. The molecule has 3 rings (SSSR count). The van der Waals surface area contributed by atoms with Crippen molar-refractivity contribution in [1.29, 1.82) is 0 Å². The van der Waals surface area contributed by atoms with Crippen LogP contribution in [0.1, 0.15) is 34.6 Å². The van der Waals surface area contributed by atoms with Gasteiger partial charge in [-0.05, 0) is 27.7 Å². The predicted octanol–water partition coefficient (Wildman–Crippen LogP) is 0.861. The van der Waals surface area contributed by atoms with E-state index in [-0.39, 0.29) is 30.3 Å². The molecule has 0 spiro atoms. The van der Waals surface area contributed by atoms with Crippen molar-refractivity contribution in [1.82, 2.24) is 4.90 Å². The van der Waals surface area contributed by atoms with Crippen molar-refractivity contribution < 1.29 is 28.5 Å². The standard InChI is InChI=1S/C15H25NO6/c1-8(17)16(6)10-11(9-7-18-14(2,3)20-9)19-13-12(10)21-15(4,5)22-13/h9-13H,7H2,1-6H3/t9-,10+,11-,12-,13-/m1/s1. The maximum Gasteiger partial charge on any atom is 0.219 e. The molecule has 3 aliphatic heterocycles. The van der Waals surface area contributed by atoms with Gasteiger partial charge in [-0.25, -0.2) is 0 Å². The molecule has 22 heavy (non-hydrogen) atoms. The number of hydrogen-bond acceptors (Lipinski definition) is 6. The minimum Gasteiger partial charge on any atom is -0.348 e. The highest BCUT2D eigenvalue weighted by Crippen LogP contribution is 2.42. The van der Waals surface area contributed by atoms with Crippen LogP contribution in [0.3, 0.4) is 0 Å². The summed E-state index contributed by atoms with van der Waals surface area (Å²) in [4.78, 5) is 13.5. The van der Waals surface area contributed by atoms with E-state index in [2.05, 4.69) is 0 Å². The van der Waals surface area contributed by atoms with Crippen LogP contribution in [0.25, 0.3) is 0 Å². The van der Waals surface area contributed by atoms with Crippen molar-refractivity contribution in [2.45, 2.75) is 76.8 Å². The third-order valence-corrected chi connectivity index (χ3v) is 4.39. The number of carbonyl (C=O) groups excluding carboxylic acids is 1. The first-order chi connectivity index (χ1) is 10.1. The second kappa shape index (κ2) is 5.14.